The van der Waals surface area contributed by atoms with Crippen molar-refractivity contribution in [3.8, 4) is 0 Å². The van der Waals surface area contributed by atoms with Crippen molar-refractivity contribution in [3.05, 3.63) is 0 Å². The zero-order chi connectivity index (χ0) is 13.0. The molecule has 0 rings (SSSR count). The van der Waals surface area contributed by atoms with Gasteiger partial charge in [0.05, 0.1) is 0 Å². The van der Waals surface area contributed by atoms with Crippen LogP contribution in [0.25, 0.3) is 0 Å². The Bertz CT molecular complexity index is 210. The van der Waals surface area contributed by atoms with Crippen LogP contribution >= 0.6 is 0 Å². The molecule has 0 aromatic heterocycles. The van der Waals surface area contributed by atoms with Crippen molar-refractivity contribution in [2.24, 2.45) is 10.8 Å². The van der Waals surface area contributed by atoms with Crippen molar-refractivity contribution in [1.29, 1.82) is 0 Å². The van der Waals surface area contributed by atoms with E-state index < -0.39 is 11.3 Å². The molecule has 1 atom stereocenters. The van der Waals surface area contributed by atoms with Gasteiger partial charge in [0.25, 0.3) is 0 Å². The second kappa shape index (κ2) is 6.12. The first-order valence-electron chi connectivity index (χ1n) is 5.86. The SMILES string of the molecule is CC(C)(C)CCN(CCC(C)(C)C)S(=O)[O-]. The zero-order valence-electron chi connectivity index (χ0n) is 11.5. The average Bonchev–Trinajstić information content (AvgIpc) is 1.98. The Hall–Kier alpha value is 0.0700. The summed E-state index contributed by atoms with van der Waals surface area (Å²) in [6, 6.07) is 0. The van der Waals surface area contributed by atoms with Gasteiger partial charge in [-0.3, -0.25) is 4.21 Å². The molecule has 0 aliphatic rings. The molecule has 4 heteroatoms. The first-order chi connectivity index (χ1) is 7.01. The first kappa shape index (κ1) is 16.1. The summed E-state index contributed by atoms with van der Waals surface area (Å²) in [5.74, 6) is 0. The molecule has 0 aromatic rings. The lowest BCUT2D eigenvalue weighted by Gasteiger charge is -2.30. The van der Waals surface area contributed by atoms with E-state index in [1.165, 1.54) is 4.31 Å². The fraction of sp³-hybridized carbons (Fsp3) is 1.00. The van der Waals surface area contributed by atoms with Gasteiger partial charge in [-0.1, -0.05) is 41.5 Å². The highest BCUT2D eigenvalue weighted by atomic mass is 32.2. The number of rotatable bonds is 5. The maximum atomic E-state index is 11.1. The van der Waals surface area contributed by atoms with Crippen molar-refractivity contribution < 1.29 is 8.76 Å². The molecule has 0 amide bonds. The van der Waals surface area contributed by atoms with Crippen molar-refractivity contribution in [3.63, 3.8) is 0 Å². The Morgan fingerprint density at radius 3 is 1.44 bits per heavy atom. The average molecular weight is 248 g/mol. The van der Waals surface area contributed by atoms with E-state index in [1.807, 2.05) is 0 Å². The van der Waals surface area contributed by atoms with Crippen LogP contribution in [0.4, 0.5) is 0 Å². The molecular weight excluding hydrogens is 222 g/mol. The van der Waals surface area contributed by atoms with E-state index in [-0.39, 0.29) is 10.8 Å². The van der Waals surface area contributed by atoms with E-state index in [4.69, 9.17) is 0 Å². The first-order valence-corrected chi connectivity index (χ1v) is 6.89. The monoisotopic (exact) mass is 248 g/mol. The highest BCUT2D eigenvalue weighted by Crippen LogP contribution is 2.22. The van der Waals surface area contributed by atoms with Crippen molar-refractivity contribution >= 4 is 11.3 Å². The zero-order valence-corrected chi connectivity index (χ0v) is 12.3. The maximum Gasteiger partial charge on any atom is 0.0209 e. The van der Waals surface area contributed by atoms with E-state index >= 15 is 0 Å². The molecule has 0 N–H and O–H groups in total. The van der Waals surface area contributed by atoms with E-state index in [1.54, 1.807) is 0 Å². The van der Waals surface area contributed by atoms with Gasteiger partial charge < -0.3 is 4.55 Å². The van der Waals surface area contributed by atoms with Crippen LogP contribution in [0.2, 0.25) is 0 Å². The summed E-state index contributed by atoms with van der Waals surface area (Å²) < 4.78 is 23.7. The quantitative estimate of drug-likeness (QED) is 0.702. The molecule has 0 heterocycles. The maximum absolute atomic E-state index is 11.1. The third-order valence-corrected chi connectivity index (χ3v) is 3.22. The smallest absolute Gasteiger partial charge is 0.0209 e. The number of hydrogen-bond acceptors (Lipinski definition) is 2. The minimum absolute atomic E-state index is 0.180. The van der Waals surface area contributed by atoms with Crippen LogP contribution in [-0.4, -0.2) is 26.2 Å². The summed E-state index contributed by atoms with van der Waals surface area (Å²) in [6.45, 7) is 14.0. The van der Waals surface area contributed by atoms with Gasteiger partial charge in [0.15, 0.2) is 0 Å². The predicted molar refractivity (Wildman–Crippen MR) is 68.6 cm³/mol. The summed E-state index contributed by atoms with van der Waals surface area (Å²) in [4.78, 5) is 0. The van der Waals surface area contributed by atoms with Crippen LogP contribution in [0.5, 0.6) is 0 Å². The molecule has 0 fully saturated rings. The Kier molecular flexibility index (Phi) is 6.15. The van der Waals surface area contributed by atoms with E-state index in [9.17, 15) is 8.76 Å². The lowest BCUT2D eigenvalue weighted by molar-refractivity contribution is 0.270. The molecule has 0 aliphatic carbocycles. The van der Waals surface area contributed by atoms with Crippen LogP contribution in [0, 0.1) is 10.8 Å². The van der Waals surface area contributed by atoms with Crippen LogP contribution in [0.3, 0.4) is 0 Å². The summed E-state index contributed by atoms with van der Waals surface area (Å²) >= 11 is -2.09. The van der Waals surface area contributed by atoms with E-state index in [0.717, 1.165) is 12.8 Å². The highest BCUT2D eigenvalue weighted by molar-refractivity contribution is 7.76. The highest BCUT2D eigenvalue weighted by Gasteiger charge is 2.16. The van der Waals surface area contributed by atoms with Gasteiger partial charge in [0.1, 0.15) is 0 Å². The fourth-order valence-electron chi connectivity index (χ4n) is 1.18. The van der Waals surface area contributed by atoms with Gasteiger partial charge in [-0.2, -0.15) is 0 Å². The molecule has 16 heavy (non-hydrogen) atoms. The molecule has 0 saturated heterocycles. The third-order valence-electron chi connectivity index (χ3n) is 2.43. The molecule has 3 nitrogen and oxygen atoms in total. The standard InChI is InChI=1S/C12H27NO2S/c1-11(2,3)7-9-13(16(14)15)10-8-12(4,5)6/h7-10H2,1-6H3,(H,14,15)/p-1. The fourth-order valence-corrected chi connectivity index (χ4v) is 1.66. The Morgan fingerprint density at radius 2 is 1.25 bits per heavy atom. The minimum Gasteiger partial charge on any atom is -0.760 e. The van der Waals surface area contributed by atoms with E-state index in [2.05, 4.69) is 41.5 Å². The molecule has 1 unspecified atom stereocenters. The van der Waals surface area contributed by atoms with Crippen molar-refractivity contribution in [1.82, 2.24) is 4.31 Å². The van der Waals surface area contributed by atoms with Gasteiger partial charge in [0.2, 0.25) is 0 Å². The van der Waals surface area contributed by atoms with E-state index in [0.29, 0.717) is 13.1 Å². The molecule has 0 radical (unpaired) electrons. The molecule has 0 aromatic carbocycles. The minimum atomic E-state index is -2.09. The van der Waals surface area contributed by atoms with Crippen LogP contribution < -0.4 is 0 Å². The normalized spacial score (nSPS) is 15.5. The summed E-state index contributed by atoms with van der Waals surface area (Å²) in [6.07, 6.45) is 1.79. The summed E-state index contributed by atoms with van der Waals surface area (Å²) in [5, 5.41) is 0. The van der Waals surface area contributed by atoms with Crippen molar-refractivity contribution in [2.75, 3.05) is 13.1 Å². The predicted octanol–water partition coefficient (Wildman–Crippen LogP) is 2.95. The lowest BCUT2D eigenvalue weighted by Crippen LogP contribution is -2.32. The Balaban J connectivity index is 4.15. The largest absolute Gasteiger partial charge is 0.760 e. The summed E-state index contributed by atoms with van der Waals surface area (Å²) in [7, 11) is 0. The molecule has 0 spiro atoms. The topological polar surface area (TPSA) is 43.4 Å². The van der Waals surface area contributed by atoms with Gasteiger partial charge >= 0.3 is 0 Å². The number of hydrogen-bond donors (Lipinski definition) is 0. The summed E-state index contributed by atoms with van der Waals surface area (Å²) in [5.41, 5.74) is 0.360. The molecule has 0 saturated carbocycles. The molecular formula is C12H26NO2S-. The van der Waals surface area contributed by atoms with Crippen LogP contribution in [-0.2, 0) is 11.3 Å². The molecule has 0 aliphatic heterocycles. The van der Waals surface area contributed by atoms with Gasteiger partial charge in [-0.15, -0.1) is 0 Å². The third kappa shape index (κ3) is 9.31. The second-order valence-corrected chi connectivity index (χ2v) is 7.72. The Labute approximate surface area is 103 Å². The molecule has 98 valence electrons. The van der Waals surface area contributed by atoms with Crippen molar-refractivity contribution in [2.45, 2.75) is 54.4 Å². The van der Waals surface area contributed by atoms with Gasteiger partial charge in [0, 0.05) is 24.4 Å². The second-order valence-electron chi connectivity index (χ2n) is 6.77. The van der Waals surface area contributed by atoms with Gasteiger partial charge in [-0.05, 0) is 23.7 Å². The molecule has 0 bridgehead atoms. The number of nitrogens with zero attached hydrogens (tertiary/aromatic N) is 1. The lowest BCUT2D eigenvalue weighted by atomic mass is 9.91. The van der Waals surface area contributed by atoms with Gasteiger partial charge in [-0.25, -0.2) is 4.31 Å². The van der Waals surface area contributed by atoms with Crippen LogP contribution in [0.15, 0.2) is 0 Å². The van der Waals surface area contributed by atoms with Crippen LogP contribution in [0.1, 0.15) is 54.4 Å². The Morgan fingerprint density at radius 1 is 0.938 bits per heavy atom.